The van der Waals surface area contributed by atoms with E-state index in [1.54, 1.807) is 0 Å². The monoisotopic (exact) mass is 601 g/mol. The molecule has 0 saturated carbocycles. The molecule has 0 aliphatic carbocycles. The van der Waals surface area contributed by atoms with Crippen molar-refractivity contribution in [2.45, 2.75) is 63.3 Å². The highest BCUT2D eigenvalue weighted by Gasteiger charge is 2.49. The summed E-state index contributed by atoms with van der Waals surface area (Å²) in [5.74, 6) is 2.23. The Morgan fingerprint density at radius 1 is 1.10 bits per heavy atom. The van der Waals surface area contributed by atoms with Gasteiger partial charge in [-0.25, -0.2) is 4.98 Å². The van der Waals surface area contributed by atoms with Crippen molar-refractivity contribution in [1.29, 1.82) is 0 Å². The topological polar surface area (TPSA) is 87.9 Å². The van der Waals surface area contributed by atoms with Gasteiger partial charge >= 0.3 is 6.01 Å². The van der Waals surface area contributed by atoms with E-state index < -0.39 is 20.3 Å². The molecule has 4 atom stereocenters. The lowest BCUT2D eigenvalue weighted by Gasteiger charge is -2.19. The van der Waals surface area contributed by atoms with Gasteiger partial charge in [0.05, 0.1) is 29.4 Å². The Morgan fingerprint density at radius 2 is 1.88 bits per heavy atom. The average Bonchev–Trinajstić information content (AvgIpc) is 3.61. The number of rotatable bonds is 9. The number of nitrogens with zero attached hydrogens (tertiary/aromatic N) is 3. The molecule has 0 radical (unpaired) electrons. The summed E-state index contributed by atoms with van der Waals surface area (Å²) in [6.45, 7) is 8.45. The maximum absolute atomic E-state index is 10.1. The van der Waals surface area contributed by atoms with Gasteiger partial charge in [0.1, 0.15) is 25.0 Å². The van der Waals surface area contributed by atoms with Crippen molar-refractivity contribution in [2.75, 3.05) is 31.3 Å². The summed E-state index contributed by atoms with van der Waals surface area (Å²) < 4.78 is 25.9. The van der Waals surface area contributed by atoms with Gasteiger partial charge in [0.25, 0.3) is 0 Å². The SMILES string of the molecule is C[Si](C)(C)CCOCn1c(OC2COC3C(O)COC23)nc2nc(-c3ccc(C4=CCSCC4)cc3)c(Cl)cc21. The van der Waals surface area contributed by atoms with Crippen molar-refractivity contribution in [3.05, 3.63) is 47.0 Å². The Morgan fingerprint density at radius 3 is 2.62 bits per heavy atom. The molecule has 11 heteroatoms. The van der Waals surface area contributed by atoms with Gasteiger partial charge < -0.3 is 24.1 Å². The van der Waals surface area contributed by atoms with Gasteiger partial charge in [-0.2, -0.15) is 16.7 Å². The van der Waals surface area contributed by atoms with E-state index in [0.29, 0.717) is 35.6 Å². The molecular formula is C29H36ClN3O5SSi. The van der Waals surface area contributed by atoms with Crippen LogP contribution in [0.25, 0.3) is 28.0 Å². The third-order valence-electron chi connectivity index (χ3n) is 7.61. The second-order valence-corrected chi connectivity index (χ2v) is 19.0. The largest absolute Gasteiger partial charge is 0.456 e. The van der Waals surface area contributed by atoms with E-state index in [-0.39, 0.29) is 25.5 Å². The van der Waals surface area contributed by atoms with Gasteiger partial charge in [-0.05, 0) is 35.4 Å². The second kappa shape index (κ2) is 11.8. The fourth-order valence-corrected chi connectivity index (χ4v) is 7.13. The number of aliphatic hydroxyl groups is 1. The molecule has 40 heavy (non-hydrogen) atoms. The minimum absolute atomic E-state index is 0.237. The maximum atomic E-state index is 10.1. The molecule has 3 aliphatic rings. The number of allylic oxidation sites excluding steroid dienone is 1. The number of halogens is 1. The number of hydrogen-bond donors (Lipinski definition) is 1. The average molecular weight is 602 g/mol. The maximum Gasteiger partial charge on any atom is 0.301 e. The first kappa shape index (κ1) is 28.2. The first-order valence-electron chi connectivity index (χ1n) is 13.9. The molecule has 0 bridgehead atoms. The lowest BCUT2D eigenvalue weighted by atomic mass is 10.0. The van der Waals surface area contributed by atoms with Crippen LogP contribution in [0.5, 0.6) is 6.01 Å². The normalized spacial score (nSPS) is 24.9. The summed E-state index contributed by atoms with van der Waals surface area (Å²) in [6, 6.07) is 11.8. The van der Waals surface area contributed by atoms with E-state index in [1.165, 1.54) is 11.1 Å². The Labute approximate surface area is 245 Å². The van der Waals surface area contributed by atoms with Gasteiger partial charge in [0.2, 0.25) is 0 Å². The van der Waals surface area contributed by atoms with Crippen LogP contribution in [-0.2, 0) is 20.9 Å². The van der Waals surface area contributed by atoms with E-state index >= 15 is 0 Å². The lowest BCUT2D eigenvalue weighted by Crippen LogP contribution is -2.35. The Balaban J connectivity index is 1.29. The molecule has 3 aromatic rings. The predicted molar refractivity (Wildman–Crippen MR) is 162 cm³/mol. The van der Waals surface area contributed by atoms with Gasteiger partial charge in [-0.15, -0.1) is 0 Å². The highest BCUT2D eigenvalue weighted by Crippen LogP contribution is 2.35. The Bertz CT molecular complexity index is 1390. The van der Waals surface area contributed by atoms with Crippen molar-refractivity contribution < 1.29 is 24.1 Å². The molecule has 0 amide bonds. The molecule has 2 fully saturated rings. The minimum Gasteiger partial charge on any atom is -0.456 e. The number of pyridine rings is 1. The van der Waals surface area contributed by atoms with Crippen LogP contribution in [0.4, 0.5) is 0 Å². The molecule has 2 saturated heterocycles. The molecule has 5 heterocycles. The van der Waals surface area contributed by atoms with Gasteiger partial charge in [-0.1, -0.05) is 61.6 Å². The summed E-state index contributed by atoms with van der Waals surface area (Å²) >= 11 is 8.79. The first-order chi connectivity index (χ1) is 19.3. The van der Waals surface area contributed by atoms with E-state index in [2.05, 4.69) is 50.0 Å². The van der Waals surface area contributed by atoms with Crippen molar-refractivity contribution in [1.82, 2.24) is 14.5 Å². The van der Waals surface area contributed by atoms with Crippen molar-refractivity contribution in [3.63, 3.8) is 0 Å². The summed E-state index contributed by atoms with van der Waals surface area (Å²) in [7, 11) is -1.24. The van der Waals surface area contributed by atoms with Gasteiger partial charge in [0.15, 0.2) is 11.8 Å². The zero-order valence-corrected chi connectivity index (χ0v) is 25.7. The number of fused-ring (bicyclic) bond motifs is 2. The number of aromatic nitrogens is 3. The van der Waals surface area contributed by atoms with E-state index in [0.717, 1.165) is 35.1 Å². The lowest BCUT2D eigenvalue weighted by molar-refractivity contribution is 0.00339. The molecule has 2 aromatic heterocycles. The number of imidazole rings is 1. The fourth-order valence-electron chi connectivity index (χ4n) is 5.27. The van der Waals surface area contributed by atoms with Crippen molar-refractivity contribution in [2.24, 2.45) is 0 Å². The summed E-state index contributed by atoms with van der Waals surface area (Å²) in [5.41, 5.74) is 5.52. The van der Waals surface area contributed by atoms with Crippen LogP contribution < -0.4 is 4.74 Å². The molecule has 1 aromatic carbocycles. The Hall–Kier alpha value is -1.92. The highest BCUT2D eigenvalue weighted by atomic mass is 35.5. The van der Waals surface area contributed by atoms with E-state index in [1.807, 2.05) is 22.4 Å². The third-order valence-corrected chi connectivity index (χ3v) is 10.5. The first-order valence-corrected chi connectivity index (χ1v) is 19.1. The van der Waals surface area contributed by atoms with Crippen molar-refractivity contribution in [3.8, 4) is 17.3 Å². The predicted octanol–water partition coefficient (Wildman–Crippen LogP) is 5.49. The van der Waals surface area contributed by atoms with Crippen LogP contribution in [0.15, 0.2) is 36.4 Å². The summed E-state index contributed by atoms with van der Waals surface area (Å²) in [5, 5.41) is 10.7. The number of benzene rings is 1. The molecule has 3 aliphatic heterocycles. The number of ether oxygens (including phenoxy) is 4. The smallest absolute Gasteiger partial charge is 0.301 e. The molecule has 1 N–H and O–H groups in total. The molecule has 6 rings (SSSR count). The zero-order valence-electron chi connectivity index (χ0n) is 23.1. The molecular weight excluding hydrogens is 566 g/mol. The van der Waals surface area contributed by atoms with Crippen LogP contribution in [0.2, 0.25) is 30.7 Å². The molecule has 214 valence electrons. The van der Waals surface area contributed by atoms with Gasteiger partial charge in [0, 0.05) is 26.0 Å². The highest BCUT2D eigenvalue weighted by molar-refractivity contribution is 7.99. The quantitative estimate of drug-likeness (QED) is 0.254. The van der Waals surface area contributed by atoms with Gasteiger partial charge in [-0.3, -0.25) is 4.57 Å². The molecule has 4 unspecified atom stereocenters. The standard InChI is InChI=1S/C29H36ClN3O5SSi/c1-40(2,3)13-10-35-17-33-22-14-21(30)25(20-6-4-18(5-7-20)19-8-11-39-12-9-19)31-28(22)32-29(33)38-24-16-37-26-23(34)15-36-27(24)26/h4-8,14,23-24,26-27,34H,9-13,15-17H2,1-3H3. The van der Waals surface area contributed by atoms with Crippen molar-refractivity contribution >= 4 is 48.2 Å². The Kier molecular flexibility index (Phi) is 8.29. The molecule has 8 nitrogen and oxygen atoms in total. The van der Waals surface area contributed by atoms with Crippen LogP contribution >= 0.6 is 23.4 Å². The minimum atomic E-state index is -1.24. The number of hydrogen-bond acceptors (Lipinski definition) is 8. The van der Waals surface area contributed by atoms with Crippen LogP contribution in [0.1, 0.15) is 12.0 Å². The van der Waals surface area contributed by atoms with E-state index in [9.17, 15) is 5.11 Å². The van der Waals surface area contributed by atoms with Crippen LogP contribution in [0.3, 0.4) is 0 Å². The van der Waals surface area contributed by atoms with E-state index in [4.69, 9.17) is 40.5 Å². The second-order valence-electron chi connectivity index (χ2n) is 11.8. The van der Waals surface area contributed by atoms with Crippen LogP contribution in [-0.4, -0.2) is 83.5 Å². The van der Waals surface area contributed by atoms with Crippen LogP contribution in [0, 0.1) is 0 Å². The fraction of sp³-hybridized carbons (Fsp3) is 0.517. The third kappa shape index (κ3) is 5.99. The summed E-state index contributed by atoms with van der Waals surface area (Å²) in [6.07, 6.45) is 1.63. The summed E-state index contributed by atoms with van der Waals surface area (Å²) in [4.78, 5) is 9.65. The number of thioether (sulfide) groups is 1. The number of aliphatic hydroxyl groups excluding tert-OH is 1. The zero-order chi connectivity index (χ0) is 27.9. The molecule has 0 spiro atoms.